The Morgan fingerprint density at radius 1 is 1.38 bits per heavy atom. The molecule has 2 nitrogen and oxygen atoms in total. The van der Waals surface area contributed by atoms with Crippen LogP contribution in [0.4, 0.5) is 5.69 Å². The SMILES string of the molecule is CC1CN=C(c2ccc(N)cc2)S1. The Labute approximate surface area is 82.2 Å². The molecule has 0 radical (unpaired) electrons. The van der Waals surface area contributed by atoms with Gasteiger partial charge in [0, 0.05) is 16.5 Å². The van der Waals surface area contributed by atoms with Crippen LogP contribution in [0.2, 0.25) is 0 Å². The van der Waals surface area contributed by atoms with Crippen LogP contribution in [-0.2, 0) is 0 Å². The highest BCUT2D eigenvalue weighted by atomic mass is 32.2. The highest BCUT2D eigenvalue weighted by molar-refractivity contribution is 8.15. The fourth-order valence-corrected chi connectivity index (χ4v) is 2.21. The summed E-state index contributed by atoms with van der Waals surface area (Å²) in [5.41, 5.74) is 7.60. The van der Waals surface area contributed by atoms with Gasteiger partial charge in [0.1, 0.15) is 0 Å². The van der Waals surface area contributed by atoms with Crippen molar-refractivity contribution in [2.75, 3.05) is 12.3 Å². The minimum absolute atomic E-state index is 0.618. The molecule has 0 aromatic heterocycles. The van der Waals surface area contributed by atoms with Crippen LogP contribution in [0.3, 0.4) is 0 Å². The molecule has 1 aromatic carbocycles. The number of hydrogen-bond donors (Lipinski definition) is 1. The number of anilines is 1. The predicted octanol–water partition coefficient (Wildman–Crippen LogP) is 2.15. The third-order valence-corrected chi connectivity index (χ3v) is 3.10. The first-order valence-corrected chi connectivity index (χ1v) is 5.20. The lowest BCUT2D eigenvalue weighted by molar-refractivity contribution is 0.976. The molecule has 2 rings (SSSR count). The van der Waals surface area contributed by atoms with Crippen LogP contribution < -0.4 is 5.73 Å². The van der Waals surface area contributed by atoms with Crippen molar-refractivity contribution in [2.45, 2.75) is 12.2 Å². The summed E-state index contributed by atoms with van der Waals surface area (Å²) < 4.78 is 0. The monoisotopic (exact) mass is 192 g/mol. The zero-order valence-electron chi connectivity index (χ0n) is 7.53. The molecule has 0 aliphatic carbocycles. The summed E-state index contributed by atoms with van der Waals surface area (Å²) in [6.45, 7) is 3.13. The lowest BCUT2D eigenvalue weighted by Gasteiger charge is -2.01. The second kappa shape index (κ2) is 3.42. The van der Waals surface area contributed by atoms with Crippen molar-refractivity contribution in [1.29, 1.82) is 0 Å². The standard InChI is InChI=1S/C10H12N2S/c1-7-6-12-10(13-7)8-2-4-9(11)5-3-8/h2-5,7H,6,11H2,1H3. The Bertz CT molecular complexity index is 329. The summed E-state index contributed by atoms with van der Waals surface area (Å²) >= 11 is 1.83. The first-order chi connectivity index (χ1) is 6.25. The van der Waals surface area contributed by atoms with Gasteiger partial charge < -0.3 is 5.73 Å². The normalized spacial score (nSPS) is 21.6. The van der Waals surface area contributed by atoms with Crippen molar-refractivity contribution < 1.29 is 0 Å². The predicted molar refractivity (Wildman–Crippen MR) is 59.3 cm³/mol. The minimum Gasteiger partial charge on any atom is -0.399 e. The lowest BCUT2D eigenvalue weighted by Crippen LogP contribution is -1.95. The molecule has 0 spiro atoms. The number of aliphatic imine (C=N–C) groups is 1. The van der Waals surface area contributed by atoms with Gasteiger partial charge in [-0.05, 0) is 12.1 Å². The van der Waals surface area contributed by atoms with E-state index in [-0.39, 0.29) is 0 Å². The summed E-state index contributed by atoms with van der Waals surface area (Å²) in [6.07, 6.45) is 0. The highest BCUT2D eigenvalue weighted by Gasteiger charge is 2.15. The van der Waals surface area contributed by atoms with Crippen LogP contribution >= 0.6 is 11.8 Å². The third-order valence-electron chi connectivity index (χ3n) is 1.96. The highest BCUT2D eigenvalue weighted by Crippen LogP contribution is 2.25. The largest absolute Gasteiger partial charge is 0.399 e. The van der Waals surface area contributed by atoms with Gasteiger partial charge in [0.15, 0.2) is 0 Å². The molecule has 0 fully saturated rings. The number of nitrogen functional groups attached to an aromatic ring is 1. The van der Waals surface area contributed by atoms with Crippen LogP contribution in [0.15, 0.2) is 29.3 Å². The van der Waals surface area contributed by atoms with Crippen LogP contribution in [-0.4, -0.2) is 16.8 Å². The van der Waals surface area contributed by atoms with Gasteiger partial charge in [0.25, 0.3) is 0 Å². The third kappa shape index (κ3) is 1.86. The molecule has 1 atom stereocenters. The number of rotatable bonds is 1. The van der Waals surface area contributed by atoms with E-state index in [0.717, 1.165) is 17.3 Å². The van der Waals surface area contributed by atoms with E-state index in [9.17, 15) is 0 Å². The Morgan fingerprint density at radius 3 is 2.62 bits per heavy atom. The van der Waals surface area contributed by atoms with Crippen molar-refractivity contribution in [3.63, 3.8) is 0 Å². The second-order valence-electron chi connectivity index (χ2n) is 3.20. The Balaban J connectivity index is 2.22. The average Bonchev–Trinajstić information content (AvgIpc) is 2.53. The van der Waals surface area contributed by atoms with Gasteiger partial charge in [0.05, 0.1) is 11.6 Å². The van der Waals surface area contributed by atoms with Crippen molar-refractivity contribution in [2.24, 2.45) is 4.99 Å². The van der Waals surface area contributed by atoms with Crippen LogP contribution in [0.25, 0.3) is 0 Å². The minimum atomic E-state index is 0.618. The van der Waals surface area contributed by atoms with E-state index >= 15 is 0 Å². The number of benzene rings is 1. The Hall–Kier alpha value is -0.960. The van der Waals surface area contributed by atoms with Crippen LogP contribution in [0.5, 0.6) is 0 Å². The van der Waals surface area contributed by atoms with Crippen molar-refractivity contribution in [3.8, 4) is 0 Å². The molecule has 2 N–H and O–H groups in total. The van der Waals surface area contributed by atoms with Crippen molar-refractivity contribution >= 4 is 22.5 Å². The summed E-state index contributed by atoms with van der Waals surface area (Å²) in [4.78, 5) is 4.46. The summed E-state index contributed by atoms with van der Waals surface area (Å²) in [5.74, 6) is 0. The fourth-order valence-electron chi connectivity index (χ4n) is 1.26. The van der Waals surface area contributed by atoms with Gasteiger partial charge in [-0.3, -0.25) is 4.99 Å². The first-order valence-electron chi connectivity index (χ1n) is 4.33. The summed E-state index contributed by atoms with van der Waals surface area (Å²) in [6, 6.07) is 7.89. The Kier molecular flexibility index (Phi) is 2.27. The molecule has 0 saturated carbocycles. The van der Waals surface area contributed by atoms with Gasteiger partial charge in [-0.25, -0.2) is 0 Å². The molecule has 3 heteroatoms. The summed E-state index contributed by atoms with van der Waals surface area (Å²) in [5, 5.41) is 1.76. The van der Waals surface area contributed by atoms with E-state index in [0.29, 0.717) is 5.25 Å². The topological polar surface area (TPSA) is 38.4 Å². The quantitative estimate of drug-likeness (QED) is 0.692. The average molecular weight is 192 g/mol. The van der Waals surface area contributed by atoms with Gasteiger partial charge in [0.2, 0.25) is 0 Å². The molecular weight excluding hydrogens is 180 g/mol. The number of nitrogens with two attached hydrogens (primary N) is 1. The van der Waals surface area contributed by atoms with E-state index in [2.05, 4.69) is 11.9 Å². The molecule has 1 heterocycles. The van der Waals surface area contributed by atoms with Gasteiger partial charge in [-0.2, -0.15) is 0 Å². The Morgan fingerprint density at radius 2 is 2.08 bits per heavy atom. The smallest absolute Gasteiger partial charge is 0.0980 e. The molecule has 0 amide bonds. The van der Waals surface area contributed by atoms with Gasteiger partial charge >= 0.3 is 0 Å². The van der Waals surface area contributed by atoms with Gasteiger partial charge in [-0.1, -0.05) is 19.1 Å². The van der Waals surface area contributed by atoms with Gasteiger partial charge in [-0.15, -0.1) is 11.8 Å². The number of thioether (sulfide) groups is 1. The maximum atomic E-state index is 5.61. The number of hydrogen-bond acceptors (Lipinski definition) is 3. The first kappa shape index (κ1) is 8.63. The van der Waals surface area contributed by atoms with E-state index in [1.165, 1.54) is 5.56 Å². The second-order valence-corrected chi connectivity index (χ2v) is 4.62. The molecule has 1 unspecified atom stereocenters. The molecule has 1 aromatic rings. The maximum absolute atomic E-state index is 5.61. The van der Waals surface area contributed by atoms with Crippen LogP contribution in [0.1, 0.15) is 12.5 Å². The van der Waals surface area contributed by atoms with E-state index in [1.807, 2.05) is 36.0 Å². The maximum Gasteiger partial charge on any atom is 0.0980 e. The zero-order valence-corrected chi connectivity index (χ0v) is 8.34. The molecule has 0 bridgehead atoms. The van der Waals surface area contributed by atoms with Crippen molar-refractivity contribution in [3.05, 3.63) is 29.8 Å². The fraction of sp³-hybridized carbons (Fsp3) is 0.300. The summed E-state index contributed by atoms with van der Waals surface area (Å²) in [7, 11) is 0. The molecule has 68 valence electrons. The van der Waals surface area contributed by atoms with Crippen molar-refractivity contribution in [1.82, 2.24) is 0 Å². The van der Waals surface area contributed by atoms with E-state index in [4.69, 9.17) is 5.73 Å². The zero-order chi connectivity index (χ0) is 9.26. The molecule has 1 aliphatic heterocycles. The molecule has 1 aliphatic rings. The molecule has 13 heavy (non-hydrogen) atoms. The van der Waals surface area contributed by atoms with E-state index in [1.54, 1.807) is 0 Å². The number of nitrogens with zero attached hydrogens (tertiary/aromatic N) is 1. The van der Waals surface area contributed by atoms with E-state index < -0.39 is 0 Å². The lowest BCUT2D eigenvalue weighted by atomic mass is 10.2. The molecule has 0 saturated heterocycles. The molecular formula is C10H12N2S. The van der Waals surface area contributed by atoms with Crippen LogP contribution in [0, 0.1) is 0 Å².